The quantitative estimate of drug-likeness (QED) is 0.597. The molecule has 2 aromatic rings. The Balaban J connectivity index is 2.06. The van der Waals surface area contributed by atoms with Crippen molar-refractivity contribution in [2.24, 2.45) is 4.99 Å². The van der Waals surface area contributed by atoms with Gasteiger partial charge in [-0.1, -0.05) is 26.0 Å². The molecule has 2 aromatic carbocycles. The lowest BCUT2D eigenvalue weighted by Gasteiger charge is -2.47. The van der Waals surface area contributed by atoms with Gasteiger partial charge in [0.2, 0.25) is 0 Å². The maximum atomic E-state index is 13.9. The molecule has 3 nitrogen and oxygen atoms in total. The number of aliphatic imine (C=N–C) groups is 1. The predicted molar refractivity (Wildman–Crippen MR) is 111 cm³/mol. The summed E-state index contributed by atoms with van der Waals surface area (Å²) in [5.74, 6) is 0.879. The Bertz CT molecular complexity index is 844. The van der Waals surface area contributed by atoms with E-state index in [9.17, 15) is 4.39 Å². The van der Waals surface area contributed by atoms with Gasteiger partial charge < -0.3 is 9.64 Å². The number of nitrogens with zero attached hydrogens (tertiary/aromatic N) is 2. The molecule has 27 heavy (non-hydrogen) atoms. The molecule has 0 saturated heterocycles. The average Bonchev–Trinajstić information content (AvgIpc) is 2.63. The van der Waals surface area contributed by atoms with Crippen molar-refractivity contribution in [1.29, 1.82) is 0 Å². The zero-order valence-corrected chi connectivity index (χ0v) is 16.9. The molecule has 144 valence electrons. The van der Waals surface area contributed by atoms with Gasteiger partial charge in [-0.2, -0.15) is 0 Å². The zero-order chi connectivity index (χ0) is 19.6. The van der Waals surface area contributed by atoms with Crippen LogP contribution in [0.4, 0.5) is 15.8 Å². The lowest BCUT2D eigenvalue weighted by atomic mass is 9.79. The minimum absolute atomic E-state index is 0.107. The minimum atomic E-state index is -0.324. The Morgan fingerprint density at radius 3 is 2.70 bits per heavy atom. The third-order valence-electron chi connectivity index (χ3n) is 5.38. The highest BCUT2D eigenvalue weighted by Crippen LogP contribution is 2.45. The molecule has 1 aliphatic rings. The molecule has 0 N–H and O–H groups in total. The van der Waals surface area contributed by atoms with Gasteiger partial charge in [0.05, 0.1) is 12.8 Å². The molecule has 1 aliphatic heterocycles. The van der Waals surface area contributed by atoms with Crippen LogP contribution in [0, 0.1) is 5.82 Å². The van der Waals surface area contributed by atoms with E-state index in [1.165, 1.54) is 17.3 Å². The van der Waals surface area contributed by atoms with Crippen molar-refractivity contribution in [3.05, 3.63) is 53.3 Å². The second kappa shape index (κ2) is 7.71. The predicted octanol–water partition coefficient (Wildman–Crippen LogP) is 6.09. The Morgan fingerprint density at radius 2 is 2.04 bits per heavy atom. The van der Waals surface area contributed by atoms with Crippen molar-refractivity contribution >= 4 is 17.6 Å². The van der Waals surface area contributed by atoms with E-state index in [-0.39, 0.29) is 11.4 Å². The summed E-state index contributed by atoms with van der Waals surface area (Å²) in [7, 11) is 1.67. The number of methoxy groups -OCH3 is 1. The fourth-order valence-electron chi connectivity index (χ4n) is 4.15. The van der Waals surface area contributed by atoms with E-state index >= 15 is 0 Å². The summed E-state index contributed by atoms with van der Waals surface area (Å²) in [6, 6.07) is 10.8. The molecular weight excluding hydrogens is 339 g/mol. The highest BCUT2D eigenvalue weighted by Gasteiger charge is 2.36. The highest BCUT2D eigenvalue weighted by atomic mass is 19.1. The smallest absolute Gasteiger partial charge is 0.148 e. The zero-order valence-electron chi connectivity index (χ0n) is 16.9. The van der Waals surface area contributed by atoms with Crippen LogP contribution < -0.4 is 9.64 Å². The number of benzene rings is 2. The largest absolute Gasteiger partial charge is 0.496 e. The van der Waals surface area contributed by atoms with Gasteiger partial charge in [-0.15, -0.1) is 0 Å². The average molecular weight is 368 g/mol. The molecule has 1 atom stereocenters. The Kier molecular flexibility index (Phi) is 5.54. The summed E-state index contributed by atoms with van der Waals surface area (Å²) >= 11 is 0. The van der Waals surface area contributed by atoms with E-state index in [1.807, 2.05) is 0 Å². The van der Waals surface area contributed by atoms with Crippen molar-refractivity contribution < 1.29 is 9.13 Å². The summed E-state index contributed by atoms with van der Waals surface area (Å²) in [5.41, 5.74) is 3.86. The molecule has 1 unspecified atom stereocenters. The van der Waals surface area contributed by atoms with Crippen LogP contribution in [0.1, 0.15) is 57.6 Å². The molecule has 3 rings (SSSR count). The van der Waals surface area contributed by atoms with E-state index in [2.05, 4.69) is 49.7 Å². The Hall–Kier alpha value is -2.36. The van der Waals surface area contributed by atoms with Crippen molar-refractivity contribution in [2.45, 2.75) is 52.0 Å². The first-order chi connectivity index (χ1) is 12.9. The molecule has 0 aliphatic carbocycles. The van der Waals surface area contributed by atoms with E-state index in [0.29, 0.717) is 11.6 Å². The van der Waals surface area contributed by atoms with Gasteiger partial charge in [-0.05, 0) is 56.4 Å². The topological polar surface area (TPSA) is 24.8 Å². The Morgan fingerprint density at radius 1 is 1.30 bits per heavy atom. The third kappa shape index (κ3) is 3.85. The molecule has 4 heteroatoms. The van der Waals surface area contributed by atoms with Gasteiger partial charge in [-0.25, -0.2) is 4.39 Å². The molecule has 0 aromatic heterocycles. The van der Waals surface area contributed by atoms with Crippen molar-refractivity contribution in [2.75, 3.05) is 18.6 Å². The van der Waals surface area contributed by atoms with Gasteiger partial charge in [0.1, 0.15) is 11.6 Å². The monoisotopic (exact) mass is 368 g/mol. The van der Waals surface area contributed by atoms with Crippen molar-refractivity contribution in [3.63, 3.8) is 0 Å². The maximum absolute atomic E-state index is 13.9. The van der Waals surface area contributed by atoms with Crippen LogP contribution in [0.25, 0.3) is 0 Å². The second-order valence-electron chi connectivity index (χ2n) is 7.93. The number of halogens is 1. The van der Waals surface area contributed by atoms with Gasteiger partial charge in [0.25, 0.3) is 0 Å². The first-order valence-electron chi connectivity index (χ1n) is 9.65. The third-order valence-corrected chi connectivity index (χ3v) is 5.38. The summed E-state index contributed by atoms with van der Waals surface area (Å²) < 4.78 is 19.5. The molecule has 1 heterocycles. The summed E-state index contributed by atoms with van der Waals surface area (Å²) in [5, 5.41) is 0. The van der Waals surface area contributed by atoms with Crippen LogP contribution in [-0.2, 0) is 0 Å². The van der Waals surface area contributed by atoms with Crippen LogP contribution in [-0.4, -0.2) is 25.4 Å². The van der Waals surface area contributed by atoms with Crippen LogP contribution in [0.15, 0.2) is 41.4 Å². The van der Waals surface area contributed by atoms with Crippen LogP contribution in [0.2, 0.25) is 0 Å². The number of para-hydroxylation sites is 1. The fraction of sp³-hybridized carbons (Fsp3) is 0.435. The van der Waals surface area contributed by atoms with Crippen LogP contribution in [0.5, 0.6) is 5.75 Å². The number of hydrogen-bond acceptors (Lipinski definition) is 3. The normalized spacial score (nSPS) is 18.6. The molecule has 0 spiro atoms. The van der Waals surface area contributed by atoms with Crippen LogP contribution >= 0.6 is 0 Å². The lowest BCUT2D eigenvalue weighted by molar-refractivity contribution is 0.372. The second-order valence-corrected chi connectivity index (χ2v) is 7.93. The first-order valence-corrected chi connectivity index (χ1v) is 9.65. The molecule has 0 bridgehead atoms. The van der Waals surface area contributed by atoms with E-state index < -0.39 is 0 Å². The minimum Gasteiger partial charge on any atom is -0.496 e. The number of ether oxygens (including phenoxy) is 1. The van der Waals surface area contributed by atoms with Gasteiger partial charge in [0, 0.05) is 35.6 Å². The molecule has 0 radical (unpaired) electrons. The van der Waals surface area contributed by atoms with Gasteiger partial charge in [0.15, 0.2) is 0 Å². The number of fused-ring (bicyclic) bond motifs is 1. The molecular formula is C23H29FN2O. The highest BCUT2D eigenvalue weighted by molar-refractivity contribution is 5.87. The number of anilines is 1. The number of hydrogen-bond donors (Lipinski definition) is 0. The van der Waals surface area contributed by atoms with E-state index in [1.54, 1.807) is 31.5 Å². The van der Waals surface area contributed by atoms with Crippen molar-refractivity contribution in [3.8, 4) is 5.75 Å². The summed E-state index contributed by atoms with van der Waals surface area (Å²) in [6.07, 6.45) is 3.89. The molecule has 0 amide bonds. The van der Waals surface area contributed by atoms with E-state index in [0.717, 1.165) is 30.7 Å². The standard InChI is InChI=1S/C23H29FN2O/c1-6-11-26-21-13-22(27-5)17(12-18(21)16(2)14-23(26,3)4)15-25-20-10-8-7-9-19(20)24/h7-10,12-13,15-16H,6,11,14H2,1-5H3. The van der Waals surface area contributed by atoms with Gasteiger partial charge in [-0.3, -0.25) is 4.99 Å². The van der Waals surface area contributed by atoms with Crippen molar-refractivity contribution in [1.82, 2.24) is 0 Å². The molecule has 0 fully saturated rings. The van der Waals surface area contributed by atoms with E-state index in [4.69, 9.17) is 4.74 Å². The van der Waals surface area contributed by atoms with Gasteiger partial charge >= 0.3 is 0 Å². The fourth-order valence-corrected chi connectivity index (χ4v) is 4.15. The SMILES string of the molecule is CCCN1c2cc(OC)c(C=Nc3ccccc3F)cc2C(C)CC1(C)C. The first kappa shape index (κ1) is 19.4. The number of rotatable bonds is 5. The maximum Gasteiger partial charge on any atom is 0.148 e. The van der Waals surface area contributed by atoms with Crippen LogP contribution in [0.3, 0.4) is 0 Å². The molecule has 0 saturated carbocycles. The Labute approximate surface area is 161 Å². The lowest BCUT2D eigenvalue weighted by Crippen LogP contribution is -2.48. The summed E-state index contributed by atoms with van der Waals surface area (Å²) in [6.45, 7) is 10.1. The summed E-state index contributed by atoms with van der Waals surface area (Å²) in [4.78, 5) is 6.84.